The molecule has 0 bridgehead atoms. The van der Waals surface area contributed by atoms with E-state index < -0.39 is 0 Å². The van der Waals surface area contributed by atoms with E-state index >= 15 is 0 Å². The quantitative estimate of drug-likeness (QED) is 0.717. The third-order valence-corrected chi connectivity index (χ3v) is 2.76. The fourth-order valence-electron chi connectivity index (χ4n) is 1.76. The second-order valence-corrected chi connectivity index (χ2v) is 3.99. The van der Waals surface area contributed by atoms with Crippen molar-refractivity contribution in [3.05, 3.63) is 36.5 Å². The summed E-state index contributed by atoms with van der Waals surface area (Å²) in [5.41, 5.74) is 2.12. The Morgan fingerprint density at radius 1 is 1.10 bits per heavy atom. The van der Waals surface area contributed by atoms with E-state index in [2.05, 4.69) is 25.1 Å². The molecule has 0 N–H and O–H groups in total. The Labute approximate surface area is 114 Å². The van der Waals surface area contributed by atoms with Crippen molar-refractivity contribution < 1.29 is 9.15 Å². The minimum Gasteiger partial charge on any atom is -0.480 e. The molecule has 3 aromatic heterocycles. The Hall–Kier alpha value is -2.83. The molecule has 0 aliphatic carbocycles. The molecule has 0 unspecified atom stereocenters. The lowest BCUT2D eigenvalue weighted by molar-refractivity contribution is 0.397. The molecule has 0 aromatic carbocycles. The summed E-state index contributed by atoms with van der Waals surface area (Å²) in [5, 5.41) is 8.04. The van der Waals surface area contributed by atoms with Gasteiger partial charge in [-0.2, -0.15) is 0 Å². The number of aromatic nitrogens is 5. The highest BCUT2D eigenvalue weighted by atomic mass is 16.5. The average molecular weight is 269 g/mol. The maximum atomic E-state index is 5.66. The fourth-order valence-corrected chi connectivity index (χ4v) is 1.76. The van der Waals surface area contributed by atoms with Gasteiger partial charge in [0, 0.05) is 12.4 Å². The molecule has 0 amide bonds. The van der Waals surface area contributed by atoms with Gasteiger partial charge in [-0.1, -0.05) is 0 Å². The number of methoxy groups -OCH3 is 1. The predicted molar refractivity (Wildman–Crippen MR) is 69.8 cm³/mol. The van der Waals surface area contributed by atoms with Gasteiger partial charge in [0.25, 0.3) is 11.8 Å². The summed E-state index contributed by atoms with van der Waals surface area (Å²) in [6, 6.07) is 3.58. The summed E-state index contributed by atoms with van der Waals surface area (Å²) in [4.78, 5) is 12.2. The van der Waals surface area contributed by atoms with Crippen molar-refractivity contribution in [1.29, 1.82) is 0 Å². The number of nitrogens with zero attached hydrogens (tertiary/aromatic N) is 5. The van der Waals surface area contributed by atoms with Crippen molar-refractivity contribution in [2.24, 2.45) is 0 Å². The number of hydrogen-bond donors (Lipinski definition) is 0. The highest BCUT2D eigenvalue weighted by Crippen LogP contribution is 2.29. The Morgan fingerprint density at radius 3 is 2.65 bits per heavy atom. The smallest absolute Gasteiger partial charge is 0.253 e. The van der Waals surface area contributed by atoms with Gasteiger partial charge in [0.2, 0.25) is 5.88 Å². The highest BCUT2D eigenvalue weighted by Gasteiger charge is 2.16. The molecule has 0 atom stereocenters. The second kappa shape index (κ2) is 5.04. The topological polar surface area (TPSA) is 86.8 Å². The van der Waals surface area contributed by atoms with E-state index in [-0.39, 0.29) is 0 Å². The van der Waals surface area contributed by atoms with Crippen molar-refractivity contribution in [1.82, 2.24) is 25.1 Å². The summed E-state index contributed by atoms with van der Waals surface area (Å²) < 4.78 is 10.8. The van der Waals surface area contributed by atoms with Crippen LogP contribution in [0.4, 0.5) is 0 Å². The summed E-state index contributed by atoms with van der Waals surface area (Å²) in [5.74, 6) is 1.14. The van der Waals surface area contributed by atoms with Crippen molar-refractivity contribution in [3.8, 4) is 28.8 Å². The molecule has 100 valence electrons. The van der Waals surface area contributed by atoms with Gasteiger partial charge in [-0.25, -0.2) is 15.0 Å². The highest BCUT2D eigenvalue weighted by molar-refractivity contribution is 5.62. The summed E-state index contributed by atoms with van der Waals surface area (Å²) in [6.07, 6.45) is 4.75. The van der Waals surface area contributed by atoms with E-state index in [1.807, 2.05) is 6.92 Å². The SMILES string of the molecule is COc1ncccc1-c1nnc(-c2cncnc2C)o1. The van der Waals surface area contributed by atoms with Crippen LogP contribution >= 0.6 is 0 Å². The van der Waals surface area contributed by atoms with Crippen LogP contribution < -0.4 is 4.74 Å². The van der Waals surface area contributed by atoms with Crippen molar-refractivity contribution in [3.63, 3.8) is 0 Å². The lowest BCUT2D eigenvalue weighted by atomic mass is 10.2. The summed E-state index contributed by atoms with van der Waals surface area (Å²) in [7, 11) is 1.54. The maximum absolute atomic E-state index is 5.66. The predicted octanol–water partition coefficient (Wildman–Crippen LogP) is 1.91. The van der Waals surface area contributed by atoms with Crippen molar-refractivity contribution in [2.75, 3.05) is 7.11 Å². The van der Waals surface area contributed by atoms with Crippen LogP contribution in [0, 0.1) is 6.92 Å². The van der Waals surface area contributed by atoms with Crippen LogP contribution in [-0.4, -0.2) is 32.3 Å². The van der Waals surface area contributed by atoms with Gasteiger partial charge in [0.05, 0.1) is 18.4 Å². The van der Waals surface area contributed by atoms with E-state index in [0.717, 1.165) is 5.69 Å². The van der Waals surface area contributed by atoms with Gasteiger partial charge in [-0.3, -0.25) is 0 Å². The monoisotopic (exact) mass is 269 g/mol. The Morgan fingerprint density at radius 2 is 1.90 bits per heavy atom. The molecule has 3 aromatic rings. The van der Waals surface area contributed by atoms with Crippen molar-refractivity contribution in [2.45, 2.75) is 6.92 Å². The molecular weight excluding hydrogens is 258 g/mol. The first-order chi connectivity index (χ1) is 9.79. The van der Waals surface area contributed by atoms with Gasteiger partial charge in [0.15, 0.2) is 0 Å². The van der Waals surface area contributed by atoms with E-state index in [9.17, 15) is 0 Å². The van der Waals surface area contributed by atoms with E-state index in [1.54, 1.807) is 24.5 Å². The minimum absolute atomic E-state index is 0.341. The summed E-state index contributed by atoms with van der Waals surface area (Å²) >= 11 is 0. The third-order valence-electron chi connectivity index (χ3n) is 2.76. The Bertz CT molecular complexity index is 741. The zero-order chi connectivity index (χ0) is 13.9. The van der Waals surface area contributed by atoms with E-state index in [4.69, 9.17) is 9.15 Å². The molecule has 0 fully saturated rings. The molecule has 0 radical (unpaired) electrons. The van der Waals surface area contributed by atoms with Crippen LogP contribution in [0.25, 0.3) is 22.9 Å². The fraction of sp³-hybridized carbons (Fsp3) is 0.154. The lowest BCUT2D eigenvalue weighted by Gasteiger charge is -2.02. The molecule has 0 spiro atoms. The number of ether oxygens (including phenoxy) is 1. The van der Waals surface area contributed by atoms with Crippen LogP contribution in [0.2, 0.25) is 0 Å². The van der Waals surface area contributed by atoms with Crippen LogP contribution in [0.3, 0.4) is 0 Å². The number of aryl methyl sites for hydroxylation is 1. The first kappa shape index (κ1) is 12.2. The largest absolute Gasteiger partial charge is 0.480 e. The molecule has 7 heteroatoms. The van der Waals surface area contributed by atoms with E-state index in [0.29, 0.717) is 28.8 Å². The van der Waals surface area contributed by atoms with Gasteiger partial charge in [0.1, 0.15) is 11.9 Å². The minimum atomic E-state index is 0.341. The molecular formula is C13H11N5O2. The zero-order valence-corrected chi connectivity index (χ0v) is 10.9. The molecule has 3 heterocycles. The normalized spacial score (nSPS) is 10.5. The van der Waals surface area contributed by atoms with Crippen LogP contribution in [0.15, 0.2) is 35.3 Å². The molecule has 0 saturated heterocycles. The standard InChI is InChI=1S/C13H11N5O2/c1-8-10(6-14-7-16-8)13-18-17-12(20-13)9-4-3-5-15-11(9)19-2/h3-7H,1-2H3. The van der Waals surface area contributed by atoms with Crippen molar-refractivity contribution >= 4 is 0 Å². The zero-order valence-electron chi connectivity index (χ0n) is 10.9. The third kappa shape index (κ3) is 2.09. The Balaban J connectivity index is 2.05. The second-order valence-electron chi connectivity index (χ2n) is 3.99. The van der Waals surface area contributed by atoms with Crippen LogP contribution in [0.5, 0.6) is 5.88 Å². The maximum Gasteiger partial charge on any atom is 0.253 e. The van der Waals surface area contributed by atoms with Gasteiger partial charge in [-0.05, 0) is 19.1 Å². The molecule has 7 nitrogen and oxygen atoms in total. The lowest BCUT2D eigenvalue weighted by Crippen LogP contribution is -1.90. The molecule has 0 saturated carbocycles. The van der Waals surface area contributed by atoms with Gasteiger partial charge < -0.3 is 9.15 Å². The average Bonchev–Trinajstić information content (AvgIpc) is 2.97. The number of pyridine rings is 1. The molecule has 0 aliphatic rings. The Kier molecular flexibility index (Phi) is 3.08. The van der Waals surface area contributed by atoms with E-state index in [1.165, 1.54) is 13.4 Å². The van der Waals surface area contributed by atoms with Gasteiger partial charge >= 0.3 is 0 Å². The molecule has 0 aliphatic heterocycles. The molecule has 20 heavy (non-hydrogen) atoms. The number of rotatable bonds is 3. The van der Waals surface area contributed by atoms with Gasteiger partial charge in [-0.15, -0.1) is 10.2 Å². The van der Waals surface area contributed by atoms with Crippen LogP contribution in [-0.2, 0) is 0 Å². The van der Waals surface area contributed by atoms with Crippen LogP contribution in [0.1, 0.15) is 5.69 Å². The molecule has 3 rings (SSSR count). The summed E-state index contributed by atoms with van der Waals surface area (Å²) in [6.45, 7) is 1.85. The number of hydrogen-bond acceptors (Lipinski definition) is 7. The first-order valence-electron chi connectivity index (χ1n) is 5.89. The first-order valence-corrected chi connectivity index (χ1v) is 5.89.